The Morgan fingerprint density at radius 2 is 1.86 bits per heavy atom. The van der Waals surface area contributed by atoms with Crippen LogP contribution in [0.25, 0.3) is 16.9 Å². The van der Waals surface area contributed by atoms with Gasteiger partial charge in [-0.05, 0) is 37.1 Å². The first kappa shape index (κ1) is 17.9. The number of ether oxygens (including phenoxy) is 2. The highest BCUT2D eigenvalue weighted by Crippen LogP contribution is 2.49. The molecule has 1 aromatic carbocycles. The number of rotatable bonds is 4. The maximum Gasteiger partial charge on any atom is 0.236 e. The van der Waals surface area contributed by atoms with Gasteiger partial charge in [-0.15, -0.1) is 5.10 Å². The van der Waals surface area contributed by atoms with Gasteiger partial charge >= 0.3 is 0 Å². The number of amides is 1. The summed E-state index contributed by atoms with van der Waals surface area (Å²) in [6.45, 7) is 2.40. The van der Waals surface area contributed by atoms with Crippen LogP contribution in [-0.2, 0) is 14.9 Å². The monoisotopic (exact) mass is 393 g/mol. The summed E-state index contributed by atoms with van der Waals surface area (Å²) in [6.07, 6.45) is 1.53. The van der Waals surface area contributed by atoms with Gasteiger partial charge in [0.05, 0.1) is 26.0 Å². The molecule has 1 saturated carbocycles. The number of nitrogen functional groups attached to an aromatic ring is 1. The minimum absolute atomic E-state index is 0.102. The lowest BCUT2D eigenvalue weighted by atomic mass is 10.0. The lowest BCUT2D eigenvalue weighted by Gasteiger charge is -2.29. The van der Waals surface area contributed by atoms with E-state index < -0.39 is 5.41 Å². The molecule has 5 rings (SSSR count). The van der Waals surface area contributed by atoms with Gasteiger partial charge < -0.3 is 20.1 Å². The van der Waals surface area contributed by atoms with Crippen molar-refractivity contribution in [1.29, 1.82) is 0 Å². The molecule has 0 radical (unpaired) electrons. The molecule has 0 unspecified atom stereocenters. The molecule has 8 heteroatoms. The molecule has 2 fully saturated rings. The van der Waals surface area contributed by atoms with Crippen molar-refractivity contribution in [2.24, 2.45) is 0 Å². The van der Waals surface area contributed by atoms with Crippen molar-refractivity contribution in [3.63, 3.8) is 0 Å². The minimum atomic E-state index is -0.632. The second-order valence-electron chi connectivity index (χ2n) is 7.57. The summed E-state index contributed by atoms with van der Waals surface area (Å²) in [5.41, 5.74) is 8.34. The Labute approximate surface area is 168 Å². The fraction of sp³-hybridized carbons (Fsp3) is 0.381. The summed E-state index contributed by atoms with van der Waals surface area (Å²) in [5, 5.41) is 4.79. The standard InChI is InChI=1S/C21H23N5O3/c1-28-17-7-6-16(14-2-4-15(22)5-3-14)26-18(17)23-19(24-26)21(8-9-21)20(27)25-10-12-29-13-11-25/h2-7H,8-13,22H2,1H3. The van der Waals surface area contributed by atoms with E-state index in [9.17, 15) is 4.79 Å². The molecular formula is C21H23N5O3. The number of carbonyl (C=O) groups is 1. The molecule has 150 valence electrons. The zero-order valence-electron chi connectivity index (χ0n) is 16.3. The van der Waals surface area contributed by atoms with E-state index >= 15 is 0 Å². The number of pyridine rings is 1. The molecule has 3 aromatic rings. The van der Waals surface area contributed by atoms with Gasteiger partial charge in [0.15, 0.2) is 17.2 Å². The molecule has 2 aliphatic rings. The van der Waals surface area contributed by atoms with Crippen LogP contribution in [0, 0.1) is 0 Å². The quantitative estimate of drug-likeness (QED) is 0.680. The summed E-state index contributed by atoms with van der Waals surface area (Å²) in [7, 11) is 1.61. The van der Waals surface area contributed by atoms with Gasteiger partial charge in [0, 0.05) is 24.3 Å². The Hall–Kier alpha value is -3.13. The first-order chi connectivity index (χ1) is 14.1. The molecule has 2 N–H and O–H groups in total. The van der Waals surface area contributed by atoms with E-state index in [2.05, 4.69) is 0 Å². The van der Waals surface area contributed by atoms with Gasteiger partial charge in [0.1, 0.15) is 5.41 Å². The van der Waals surface area contributed by atoms with E-state index in [0.717, 1.165) is 24.1 Å². The molecule has 8 nitrogen and oxygen atoms in total. The fourth-order valence-electron chi connectivity index (χ4n) is 3.90. The smallest absolute Gasteiger partial charge is 0.236 e. The van der Waals surface area contributed by atoms with E-state index in [4.69, 9.17) is 25.3 Å². The Morgan fingerprint density at radius 3 is 2.52 bits per heavy atom. The van der Waals surface area contributed by atoms with Gasteiger partial charge in [-0.3, -0.25) is 4.79 Å². The maximum absolute atomic E-state index is 13.2. The van der Waals surface area contributed by atoms with Crippen molar-refractivity contribution in [2.75, 3.05) is 39.1 Å². The van der Waals surface area contributed by atoms with Crippen molar-refractivity contribution in [3.8, 4) is 17.0 Å². The number of aromatic nitrogens is 3. The van der Waals surface area contributed by atoms with Crippen LogP contribution in [0.3, 0.4) is 0 Å². The number of morpholine rings is 1. The number of anilines is 1. The third-order valence-electron chi connectivity index (χ3n) is 5.76. The highest BCUT2D eigenvalue weighted by Gasteiger charge is 2.56. The molecule has 0 bridgehead atoms. The first-order valence-corrected chi connectivity index (χ1v) is 9.80. The molecule has 29 heavy (non-hydrogen) atoms. The predicted octanol–water partition coefficient (Wildman–Crippen LogP) is 1.88. The van der Waals surface area contributed by atoms with Crippen LogP contribution in [0.5, 0.6) is 5.75 Å². The summed E-state index contributed by atoms with van der Waals surface area (Å²) >= 11 is 0. The van der Waals surface area contributed by atoms with Gasteiger partial charge in [-0.2, -0.15) is 0 Å². The van der Waals surface area contributed by atoms with Crippen molar-refractivity contribution in [2.45, 2.75) is 18.3 Å². The number of hydrogen-bond donors (Lipinski definition) is 1. The summed E-state index contributed by atoms with van der Waals surface area (Å²) in [6, 6.07) is 11.4. The van der Waals surface area contributed by atoms with E-state index in [1.807, 2.05) is 41.3 Å². The van der Waals surface area contributed by atoms with E-state index in [-0.39, 0.29) is 5.91 Å². The van der Waals surface area contributed by atoms with Crippen LogP contribution < -0.4 is 10.5 Å². The molecule has 0 atom stereocenters. The number of carbonyl (C=O) groups excluding carboxylic acids is 1. The molecule has 0 spiro atoms. The number of nitrogens with two attached hydrogens (primary N) is 1. The lowest BCUT2D eigenvalue weighted by Crippen LogP contribution is -2.46. The van der Waals surface area contributed by atoms with Crippen molar-refractivity contribution >= 4 is 17.2 Å². The molecule has 1 aliphatic heterocycles. The van der Waals surface area contributed by atoms with Crippen molar-refractivity contribution in [3.05, 3.63) is 42.2 Å². The van der Waals surface area contributed by atoms with Crippen LogP contribution >= 0.6 is 0 Å². The fourth-order valence-corrected chi connectivity index (χ4v) is 3.90. The highest BCUT2D eigenvalue weighted by molar-refractivity contribution is 5.90. The molecule has 2 aromatic heterocycles. The average Bonchev–Trinajstić information content (AvgIpc) is 3.45. The van der Waals surface area contributed by atoms with Gasteiger partial charge in [0.25, 0.3) is 0 Å². The first-order valence-electron chi connectivity index (χ1n) is 9.80. The number of benzene rings is 1. The van der Waals surface area contributed by atoms with Gasteiger partial charge in [0.2, 0.25) is 5.91 Å². The Morgan fingerprint density at radius 1 is 1.14 bits per heavy atom. The second-order valence-corrected chi connectivity index (χ2v) is 7.57. The van der Waals surface area contributed by atoms with Crippen LogP contribution in [0.2, 0.25) is 0 Å². The largest absolute Gasteiger partial charge is 0.493 e. The molecular weight excluding hydrogens is 370 g/mol. The maximum atomic E-state index is 13.2. The van der Waals surface area contributed by atoms with Gasteiger partial charge in [-0.25, -0.2) is 9.50 Å². The summed E-state index contributed by atoms with van der Waals surface area (Å²) in [4.78, 5) is 19.9. The Bertz CT molecular complexity index is 1070. The van der Waals surface area contributed by atoms with Crippen LogP contribution in [-0.4, -0.2) is 58.8 Å². The summed E-state index contributed by atoms with van der Waals surface area (Å²) < 4.78 is 12.7. The van der Waals surface area contributed by atoms with Crippen LogP contribution in [0.1, 0.15) is 18.7 Å². The van der Waals surface area contributed by atoms with Gasteiger partial charge in [-0.1, -0.05) is 12.1 Å². The second kappa shape index (κ2) is 6.73. The van der Waals surface area contributed by atoms with Crippen LogP contribution in [0.4, 0.5) is 5.69 Å². The Balaban J connectivity index is 1.60. The van der Waals surface area contributed by atoms with Crippen molar-refractivity contribution in [1.82, 2.24) is 19.5 Å². The lowest BCUT2D eigenvalue weighted by molar-refractivity contribution is -0.138. The highest BCUT2D eigenvalue weighted by atomic mass is 16.5. The molecule has 1 amide bonds. The zero-order valence-corrected chi connectivity index (χ0v) is 16.3. The normalized spacial score (nSPS) is 18.0. The van der Waals surface area contributed by atoms with E-state index in [1.165, 1.54) is 0 Å². The van der Waals surface area contributed by atoms with E-state index in [0.29, 0.717) is 49.2 Å². The minimum Gasteiger partial charge on any atom is -0.493 e. The topological polar surface area (TPSA) is 95.0 Å². The number of nitrogens with zero attached hydrogens (tertiary/aromatic N) is 4. The summed E-state index contributed by atoms with van der Waals surface area (Å²) in [5.74, 6) is 1.29. The third kappa shape index (κ3) is 2.91. The average molecular weight is 393 g/mol. The number of hydrogen-bond acceptors (Lipinski definition) is 6. The number of methoxy groups -OCH3 is 1. The predicted molar refractivity (Wildman–Crippen MR) is 108 cm³/mol. The van der Waals surface area contributed by atoms with E-state index in [1.54, 1.807) is 11.6 Å². The Kier molecular flexibility index (Phi) is 4.16. The molecule has 1 aliphatic carbocycles. The third-order valence-corrected chi connectivity index (χ3v) is 5.76. The SMILES string of the molecule is COc1ccc(-c2ccc(N)cc2)n2nc(C3(C(=O)N4CCOCC4)CC3)nc12. The zero-order chi connectivity index (χ0) is 20.0. The van der Waals surface area contributed by atoms with Crippen molar-refractivity contribution < 1.29 is 14.3 Å². The molecule has 3 heterocycles. The molecule has 1 saturated heterocycles. The van der Waals surface area contributed by atoms with Crippen LogP contribution in [0.15, 0.2) is 36.4 Å². The number of fused-ring (bicyclic) bond motifs is 1.